The smallest absolute Gasteiger partial charge is 0.260 e. The van der Waals surface area contributed by atoms with Crippen LogP contribution >= 0.6 is 23.2 Å². The summed E-state index contributed by atoms with van der Waals surface area (Å²) in [4.78, 5) is 18.8. The molecule has 0 bridgehead atoms. The van der Waals surface area contributed by atoms with Gasteiger partial charge in [0.05, 0.1) is 17.1 Å². The first-order valence-corrected chi connectivity index (χ1v) is 10.8. The fraction of sp³-hybridized carbons (Fsp3) is 0.304. The number of rotatable bonds is 6. The molecule has 1 atom stereocenters. The highest BCUT2D eigenvalue weighted by Crippen LogP contribution is 2.28. The lowest BCUT2D eigenvalue weighted by Gasteiger charge is -2.31. The Hall–Kier alpha value is -2.57. The first-order valence-electron chi connectivity index (χ1n) is 10.0. The maximum absolute atomic E-state index is 13.3. The molecule has 5 nitrogen and oxygen atoms in total. The topological polar surface area (TPSA) is 55.6 Å². The van der Waals surface area contributed by atoms with Crippen molar-refractivity contribution in [3.05, 3.63) is 81.7 Å². The molecule has 1 aromatic heterocycles. The van der Waals surface area contributed by atoms with E-state index in [1.54, 1.807) is 11.1 Å². The molecule has 1 aliphatic rings. The van der Waals surface area contributed by atoms with Gasteiger partial charge in [0.15, 0.2) is 12.5 Å². The number of aromatic nitrogens is 1. The van der Waals surface area contributed by atoms with Crippen molar-refractivity contribution in [2.75, 3.05) is 19.7 Å². The average Bonchev–Trinajstić information content (AvgIpc) is 3.23. The Labute approximate surface area is 189 Å². The molecule has 1 amide bonds. The summed E-state index contributed by atoms with van der Waals surface area (Å²) >= 11 is 11.8. The lowest BCUT2D eigenvalue weighted by Crippen LogP contribution is -2.41. The largest absolute Gasteiger partial charge is 0.484 e. The van der Waals surface area contributed by atoms with E-state index in [-0.39, 0.29) is 23.5 Å². The van der Waals surface area contributed by atoms with Gasteiger partial charge >= 0.3 is 0 Å². The van der Waals surface area contributed by atoms with Crippen molar-refractivity contribution < 1.29 is 18.3 Å². The standard InChI is InChI=1S/C23H21Cl2FN2O3/c24-17-5-1-3-15(9-17)10-19-12-27-23(31-19)16-4-2-8-28(13-16)22(29)14-30-18-6-7-21(26)20(25)11-18/h1,3,5-7,9,11-12,16H,2,4,8,10,13-14H2/t16-/m0/s1. The molecule has 0 saturated carbocycles. The maximum atomic E-state index is 13.3. The molecule has 0 unspecified atom stereocenters. The highest BCUT2D eigenvalue weighted by atomic mass is 35.5. The van der Waals surface area contributed by atoms with Crippen molar-refractivity contribution in [1.29, 1.82) is 0 Å². The van der Waals surface area contributed by atoms with E-state index in [1.807, 2.05) is 24.3 Å². The van der Waals surface area contributed by atoms with Gasteiger partial charge in [-0.1, -0.05) is 35.3 Å². The van der Waals surface area contributed by atoms with E-state index in [0.717, 1.165) is 24.2 Å². The SMILES string of the molecule is O=C(COc1ccc(F)c(Cl)c1)N1CCC[C@H](c2ncc(Cc3cccc(Cl)c3)o2)C1. The van der Waals surface area contributed by atoms with Crippen molar-refractivity contribution in [3.63, 3.8) is 0 Å². The average molecular weight is 463 g/mol. The number of nitrogens with zero attached hydrogens (tertiary/aromatic N) is 2. The van der Waals surface area contributed by atoms with E-state index in [1.165, 1.54) is 18.2 Å². The molecule has 3 aromatic rings. The second kappa shape index (κ2) is 9.71. The van der Waals surface area contributed by atoms with Gasteiger partial charge in [-0.2, -0.15) is 0 Å². The van der Waals surface area contributed by atoms with E-state index in [2.05, 4.69) is 4.98 Å². The number of carbonyl (C=O) groups excluding carboxylic acids is 1. The van der Waals surface area contributed by atoms with Gasteiger partial charge in [0, 0.05) is 30.6 Å². The molecule has 31 heavy (non-hydrogen) atoms. The first-order chi connectivity index (χ1) is 15.0. The first kappa shape index (κ1) is 21.7. The summed E-state index contributed by atoms with van der Waals surface area (Å²) in [5.41, 5.74) is 1.05. The predicted octanol–water partition coefficient (Wildman–Crippen LogP) is 5.50. The van der Waals surface area contributed by atoms with Crippen molar-refractivity contribution in [3.8, 4) is 5.75 Å². The van der Waals surface area contributed by atoms with Crippen LogP contribution in [0.25, 0.3) is 0 Å². The zero-order valence-electron chi connectivity index (χ0n) is 16.7. The van der Waals surface area contributed by atoms with Gasteiger partial charge in [-0.05, 0) is 42.7 Å². The number of piperidine rings is 1. The number of oxazole rings is 1. The molecule has 0 radical (unpaired) electrons. The second-order valence-corrected chi connectivity index (χ2v) is 8.36. The minimum atomic E-state index is -0.528. The van der Waals surface area contributed by atoms with E-state index < -0.39 is 5.82 Å². The van der Waals surface area contributed by atoms with Crippen LogP contribution in [-0.2, 0) is 11.2 Å². The number of hydrogen-bond acceptors (Lipinski definition) is 4. The summed E-state index contributed by atoms with van der Waals surface area (Å²) in [6.45, 7) is 1.03. The van der Waals surface area contributed by atoms with Gasteiger partial charge in [0.2, 0.25) is 0 Å². The number of amides is 1. The minimum Gasteiger partial charge on any atom is -0.484 e. The van der Waals surface area contributed by atoms with E-state index >= 15 is 0 Å². The molecule has 2 aromatic carbocycles. The molecular weight excluding hydrogens is 442 g/mol. The number of hydrogen-bond donors (Lipinski definition) is 0. The second-order valence-electron chi connectivity index (χ2n) is 7.52. The Morgan fingerprint density at radius 2 is 2.13 bits per heavy atom. The normalized spacial score (nSPS) is 16.4. The van der Waals surface area contributed by atoms with Crippen LogP contribution in [0.4, 0.5) is 4.39 Å². The third-order valence-corrected chi connectivity index (χ3v) is 5.74. The molecule has 0 aliphatic carbocycles. The van der Waals surface area contributed by atoms with Crippen LogP contribution in [-0.4, -0.2) is 35.5 Å². The fourth-order valence-corrected chi connectivity index (χ4v) is 4.03. The quantitative estimate of drug-likeness (QED) is 0.485. The summed E-state index contributed by atoms with van der Waals surface area (Å²) in [5.74, 6) is 1.12. The van der Waals surface area contributed by atoms with Crippen molar-refractivity contribution in [2.24, 2.45) is 0 Å². The third kappa shape index (κ3) is 5.57. The van der Waals surface area contributed by atoms with Gasteiger partial charge in [-0.25, -0.2) is 9.37 Å². The molecule has 0 spiro atoms. The molecule has 1 saturated heterocycles. The number of likely N-dealkylation sites (tertiary alicyclic amines) is 1. The van der Waals surface area contributed by atoms with Crippen LogP contribution in [0, 0.1) is 5.82 Å². The Balaban J connectivity index is 1.34. The Morgan fingerprint density at radius 3 is 2.94 bits per heavy atom. The molecule has 1 fully saturated rings. The lowest BCUT2D eigenvalue weighted by atomic mass is 9.98. The van der Waals surface area contributed by atoms with Gasteiger partial charge in [-0.3, -0.25) is 4.79 Å². The molecular formula is C23H21Cl2FN2O3. The van der Waals surface area contributed by atoms with Crippen molar-refractivity contribution in [1.82, 2.24) is 9.88 Å². The molecule has 1 aliphatic heterocycles. The van der Waals surface area contributed by atoms with Gasteiger partial charge in [0.25, 0.3) is 5.91 Å². The van der Waals surface area contributed by atoms with Gasteiger partial charge in [-0.15, -0.1) is 0 Å². The summed E-state index contributed by atoms with van der Waals surface area (Å²) in [7, 11) is 0. The summed E-state index contributed by atoms with van der Waals surface area (Å²) in [6.07, 6.45) is 4.09. The highest BCUT2D eigenvalue weighted by Gasteiger charge is 2.28. The third-order valence-electron chi connectivity index (χ3n) is 5.22. The van der Waals surface area contributed by atoms with Crippen LogP contribution < -0.4 is 4.74 Å². The van der Waals surface area contributed by atoms with Crippen LogP contribution in [0.15, 0.2) is 53.1 Å². The van der Waals surface area contributed by atoms with Gasteiger partial charge in [0.1, 0.15) is 17.3 Å². The Bertz CT molecular complexity index is 1070. The van der Waals surface area contributed by atoms with Crippen LogP contribution in [0.1, 0.15) is 36.0 Å². The highest BCUT2D eigenvalue weighted by molar-refractivity contribution is 6.31. The summed E-state index contributed by atoms with van der Waals surface area (Å²) < 4.78 is 24.7. The number of halogens is 3. The molecule has 162 valence electrons. The van der Waals surface area contributed by atoms with Crippen molar-refractivity contribution >= 4 is 29.1 Å². The summed E-state index contributed by atoms with van der Waals surface area (Å²) in [5, 5.41) is 0.643. The monoisotopic (exact) mass is 462 g/mol. The van der Waals surface area contributed by atoms with Crippen LogP contribution in [0.3, 0.4) is 0 Å². The minimum absolute atomic E-state index is 0.0334. The molecule has 2 heterocycles. The van der Waals surface area contributed by atoms with Crippen LogP contribution in [0.2, 0.25) is 10.0 Å². The molecule has 8 heteroatoms. The fourth-order valence-electron chi connectivity index (χ4n) is 3.65. The molecule has 0 N–H and O–H groups in total. The zero-order chi connectivity index (χ0) is 21.8. The zero-order valence-corrected chi connectivity index (χ0v) is 18.2. The predicted molar refractivity (Wildman–Crippen MR) is 116 cm³/mol. The Morgan fingerprint density at radius 1 is 1.26 bits per heavy atom. The van der Waals surface area contributed by atoms with Gasteiger partial charge < -0.3 is 14.1 Å². The number of benzene rings is 2. The van der Waals surface area contributed by atoms with E-state index in [0.29, 0.717) is 36.2 Å². The number of carbonyl (C=O) groups is 1. The Kier molecular flexibility index (Phi) is 6.78. The van der Waals surface area contributed by atoms with E-state index in [9.17, 15) is 9.18 Å². The van der Waals surface area contributed by atoms with Crippen molar-refractivity contribution in [2.45, 2.75) is 25.2 Å². The van der Waals surface area contributed by atoms with E-state index in [4.69, 9.17) is 32.4 Å². The lowest BCUT2D eigenvalue weighted by molar-refractivity contribution is -0.134. The van der Waals surface area contributed by atoms with Crippen LogP contribution in [0.5, 0.6) is 5.75 Å². The number of ether oxygens (including phenoxy) is 1. The maximum Gasteiger partial charge on any atom is 0.260 e. The summed E-state index contributed by atoms with van der Waals surface area (Å²) in [6, 6.07) is 11.6. The molecule has 4 rings (SSSR count).